The Balaban J connectivity index is 1.33. The van der Waals surface area contributed by atoms with E-state index in [2.05, 4.69) is 26.6 Å². The number of carbonyl (C=O) groups excluding carboxylic acids is 3. The van der Waals surface area contributed by atoms with Gasteiger partial charge in [-0.05, 0) is 29.2 Å². The van der Waals surface area contributed by atoms with Crippen LogP contribution >= 0.6 is 0 Å². The van der Waals surface area contributed by atoms with Crippen LogP contribution in [-0.2, 0) is 22.7 Å². The zero-order valence-electron chi connectivity index (χ0n) is 17.2. The van der Waals surface area contributed by atoms with Gasteiger partial charge in [-0.3, -0.25) is 29.6 Å². The van der Waals surface area contributed by atoms with Crippen molar-refractivity contribution in [1.82, 2.24) is 25.4 Å². The first-order chi connectivity index (χ1) is 15.1. The summed E-state index contributed by atoms with van der Waals surface area (Å²) in [5.74, 6) is -0.757. The zero-order chi connectivity index (χ0) is 21.4. The lowest BCUT2D eigenvalue weighted by atomic mass is 10.0. The topological polar surface area (TPSA) is 94.6 Å². The number of nitrogens with one attached hydrogen (secondary N) is 2. The molecule has 3 amide bonds. The van der Waals surface area contributed by atoms with Gasteiger partial charge in [0.2, 0.25) is 11.8 Å². The number of hydrogen-bond acceptors (Lipinski definition) is 6. The van der Waals surface area contributed by atoms with Crippen LogP contribution in [0.3, 0.4) is 0 Å². The van der Waals surface area contributed by atoms with Gasteiger partial charge < -0.3 is 10.2 Å². The van der Waals surface area contributed by atoms with Gasteiger partial charge in [-0.25, -0.2) is 0 Å². The standard InChI is InChI=1S/C23H25N5O3/c29-20-7-6-19(22(30)26-20)28-13-17-4-1-3-16(21(17)23(28)31)12-27-10-9-25-18(14-27)15-5-2-8-24-11-15/h1-5,8,11,18-19,25H,6-7,9-10,12-14H2,(H,26,29,30). The molecule has 2 aromatic rings. The van der Waals surface area contributed by atoms with Gasteiger partial charge in [-0.15, -0.1) is 0 Å². The highest BCUT2D eigenvalue weighted by molar-refractivity contribution is 6.05. The summed E-state index contributed by atoms with van der Waals surface area (Å²) in [4.78, 5) is 45.3. The van der Waals surface area contributed by atoms with Crippen molar-refractivity contribution < 1.29 is 14.4 Å². The van der Waals surface area contributed by atoms with E-state index >= 15 is 0 Å². The smallest absolute Gasteiger partial charge is 0.255 e. The summed E-state index contributed by atoms with van der Waals surface area (Å²) in [6.07, 6.45) is 4.31. The van der Waals surface area contributed by atoms with Crippen LogP contribution in [0.25, 0.3) is 0 Å². The molecule has 5 rings (SSSR count). The number of piperazine rings is 1. The number of rotatable bonds is 4. The number of nitrogens with zero attached hydrogens (tertiary/aromatic N) is 3. The molecule has 0 saturated carbocycles. The molecule has 2 N–H and O–H groups in total. The van der Waals surface area contributed by atoms with Crippen molar-refractivity contribution in [3.8, 4) is 0 Å². The largest absolute Gasteiger partial charge is 0.322 e. The maximum absolute atomic E-state index is 13.3. The molecule has 8 heteroatoms. The molecular formula is C23H25N5O3. The predicted molar refractivity (Wildman–Crippen MR) is 113 cm³/mol. The fraction of sp³-hybridized carbons (Fsp3) is 0.391. The Morgan fingerprint density at radius 1 is 1.13 bits per heavy atom. The Kier molecular flexibility index (Phi) is 5.25. The summed E-state index contributed by atoms with van der Waals surface area (Å²) >= 11 is 0. The first-order valence-corrected chi connectivity index (χ1v) is 10.7. The Bertz CT molecular complexity index is 1030. The average molecular weight is 419 g/mol. The number of aromatic nitrogens is 1. The van der Waals surface area contributed by atoms with Gasteiger partial charge >= 0.3 is 0 Å². The maximum atomic E-state index is 13.3. The third-order valence-corrected chi connectivity index (χ3v) is 6.38. The Morgan fingerprint density at radius 3 is 2.84 bits per heavy atom. The second-order valence-corrected chi connectivity index (χ2v) is 8.38. The molecule has 0 spiro atoms. The van der Waals surface area contributed by atoms with Crippen LogP contribution in [0.5, 0.6) is 0 Å². The van der Waals surface area contributed by atoms with E-state index in [0.717, 1.165) is 36.3 Å². The molecule has 1 aromatic heterocycles. The Labute approximate surface area is 180 Å². The van der Waals surface area contributed by atoms with Gasteiger partial charge in [0.1, 0.15) is 6.04 Å². The molecule has 0 bridgehead atoms. The minimum atomic E-state index is -0.584. The summed E-state index contributed by atoms with van der Waals surface area (Å²) in [7, 11) is 0. The summed E-state index contributed by atoms with van der Waals surface area (Å²) in [5, 5.41) is 5.90. The molecule has 2 atom stereocenters. The molecule has 3 aliphatic heterocycles. The van der Waals surface area contributed by atoms with Crippen molar-refractivity contribution in [3.05, 3.63) is 65.0 Å². The molecule has 2 fully saturated rings. The van der Waals surface area contributed by atoms with E-state index in [4.69, 9.17) is 0 Å². The maximum Gasteiger partial charge on any atom is 0.255 e. The third-order valence-electron chi connectivity index (χ3n) is 6.38. The molecule has 0 aliphatic carbocycles. The summed E-state index contributed by atoms with van der Waals surface area (Å²) in [6.45, 7) is 3.68. The van der Waals surface area contributed by atoms with E-state index in [0.29, 0.717) is 25.1 Å². The van der Waals surface area contributed by atoms with E-state index in [9.17, 15) is 14.4 Å². The second-order valence-electron chi connectivity index (χ2n) is 8.38. The quantitative estimate of drug-likeness (QED) is 0.718. The van der Waals surface area contributed by atoms with Crippen molar-refractivity contribution in [1.29, 1.82) is 0 Å². The minimum Gasteiger partial charge on any atom is -0.322 e. The van der Waals surface area contributed by atoms with Gasteiger partial charge in [-0.2, -0.15) is 0 Å². The molecule has 31 heavy (non-hydrogen) atoms. The lowest BCUT2D eigenvalue weighted by Gasteiger charge is -2.34. The van der Waals surface area contributed by atoms with Crippen LogP contribution in [0, 0.1) is 0 Å². The lowest BCUT2D eigenvalue weighted by Crippen LogP contribution is -2.52. The summed E-state index contributed by atoms with van der Waals surface area (Å²) < 4.78 is 0. The monoisotopic (exact) mass is 419 g/mol. The summed E-state index contributed by atoms with van der Waals surface area (Å²) in [6, 6.07) is 9.59. The zero-order valence-corrected chi connectivity index (χ0v) is 17.2. The normalized spacial score (nSPS) is 24.3. The minimum absolute atomic E-state index is 0.112. The van der Waals surface area contributed by atoms with Gasteiger partial charge in [0, 0.05) is 63.1 Å². The third kappa shape index (κ3) is 3.84. The van der Waals surface area contributed by atoms with Gasteiger partial charge in [-0.1, -0.05) is 24.3 Å². The van der Waals surface area contributed by atoms with Crippen LogP contribution in [0.4, 0.5) is 0 Å². The predicted octanol–water partition coefficient (Wildman–Crippen LogP) is 0.989. The van der Waals surface area contributed by atoms with Crippen LogP contribution < -0.4 is 10.6 Å². The van der Waals surface area contributed by atoms with Gasteiger partial charge in [0.15, 0.2) is 0 Å². The van der Waals surface area contributed by atoms with Crippen molar-refractivity contribution in [2.45, 2.75) is 38.0 Å². The van der Waals surface area contributed by atoms with Crippen LogP contribution in [-0.4, -0.2) is 58.2 Å². The summed E-state index contributed by atoms with van der Waals surface area (Å²) in [5.41, 5.74) is 3.81. The van der Waals surface area contributed by atoms with E-state index < -0.39 is 6.04 Å². The molecule has 2 unspecified atom stereocenters. The van der Waals surface area contributed by atoms with E-state index in [1.54, 1.807) is 11.1 Å². The number of hydrogen-bond donors (Lipinski definition) is 2. The highest BCUT2D eigenvalue weighted by Crippen LogP contribution is 2.31. The molecule has 0 radical (unpaired) electrons. The molecule has 8 nitrogen and oxygen atoms in total. The van der Waals surface area contributed by atoms with Crippen LogP contribution in [0.15, 0.2) is 42.7 Å². The number of amides is 3. The Hall–Kier alpha value is -3.10. The highest BCUT2D eigenvalue weighted by Gasteiger charge is 2.40. The second kappa shape index (κ2) is 8.20. The highest BCUT2D eigenvalue weighted by atomic mass is 16.2. The lowest BCUT2D eigenvalue weighted by molar-refractivity contribution is -0.136. The van der Waals surface area contributed by atoms with Crippen molar-refractivity contribution >= 4 is 17.7 Å². The van der Waals surface area contributed by atoms with Crippen molar-refractivity contribution in [3.63, 3.8) is 0 Å². The van der Waals surface area contributed by atoms with E-state index in [-0.39, 0.29) is 30.2 Å². The Morgan fingerprint density at radius 2 is 2.03 bits per heavy atom. The van der Waals surface area contributed by atoms with E-state index in [1.807, 2.05) is 30.5 Å². The number of pyridine rings is 1. The number of piperidine rings is 1. The molecule has 3 aliphatic rings. The number of fused-ring (bicyclic) bond motifs is 1. The average Bonchev–Trinajstić information content (AvgIpc) is 3.12. The first kappa shape index (κ1) is 19.8. The first-order valence-electron chi connectivity index (χ1n) is 10.7. The number of carbonyl (C=O) groups is 3. The fourth-order valence-corrected chi connectivity index (χ4v) is 4.82. The van der Waals surface area contributed by atoms with Gasteiger partial charge in [0.25, 0.3) is 5.91 Å². The van der Waals surface area contributed by atoms with Crippen molar-refractivity contribution in [2.24, 2.45) is 0 Å². The fourth-order valence-electron chi connectivity index (χ4n) is 4.82. The molecule has 1 aromatic carbocycles. The van der Waals surface area contributed by atoms with Gasteiger partial charge in [0.05, 0.1) is 0 Å². The van der Waals surface area contributed by atoms with Crippen LogP contribution in [0.2, 0.25) is 0 Å². The van der Waals surface area contributed by atoms with E-state index in [1.165, 1.54) is 0 Å². The molecule has 2 saturated heterocycles. The molecule has 4 heterocycles. The number of benzene rings is 1. The molecule has 160 valence electrons. The molecular weight excluding hydrogens is 394 g/mol. The number of imide groups is 1. The van der Waals surface area contributed by atoms with Crippen LogP contribution in [0.1, 0.15) is 45.9 Å². The SMILES string of the molecule is O=C1CCC(N2Cc3cccc(CN4CCNC(c5cccnc5)C4)c3C2=O)C(=O)N1. The van der Waals surface area contributed by atoms with Crippen molar-refractivity contribution in [2.75, 3.05) is 19.6 Å².